The molecule has 190 valence electrons. The van der Waals surface area contributed by atoms with E-state index in [-0.39, 0.29) is 23.7 Å². The number of fused-ring (bicyclic) bond motifs is 1. The fourth-order valence-electron chi connectivity index (χ4n) is 4.50. The van der Waals surface area contributed by atoms with Gasteiger partial charge in [-0.2, -0.15) is 0 Å². The van der Waals surface area contributed by atoms with Crippen molar-refractivity contribution < 1.29 is 28.9 Å². The number of nitrogens with zero attached hydrogens (tertiary/aromatic N) is 3. The number of ether oxygens (including phenoxy) is 2. The van der Waals surface area contributed by atoms with E-state index in [2.05, 4.69) is 15.3 Å². The van der Waals surface area contributed by atoms with Gasteiger partial charge in [-0.3, -0.25) is 0 Å². The number of carbonyl (C=O) groups excluding carboxylic acids is 2. The summed E-state index contributed by atoms with van der Waals surface area (Å²) < 4.78 is 27.0. The number of alkyl carbamates (subject to hydrolysis) is 1. The third-order valence-electron chi connectivity index (χ3n) is 5.89. The number of pyridine rings is 1. The Morgan fingerprint density at radius 1 is 1.25 bits per heavy atom. The Morgan fingerprint density at radius 2 is 2.00 bits per heavy atom. The van der Waals surface area contributed by atoms with Crippen LogP contribution in [0.5, 0.6) is 0 Å². The molecule has 4 rings (SSSR count). The SMILES string of the molecule is CC(C)(C)OC(=O)N[C@H]1CCC[C@@H](n2c(-c3ccccc3F)nc3cnc(C(=[NH2+])OC(N)=O)cc32)C1. The van der Waals surface area contributed by atoms with Crippen molar-refractivity contribution >= 4 is 29.1 Å². The second kappa shape index (κ2) is 9.92. The first-order chi connectivity index (χ1) is 17.0. The largest absolute Gasteiger partial charge is 0.444 e. The molecule has 2 aromatic heterocycles. The van der Waals surface area contributed by atoms with Crippen LogP contribution < -0.4 is 16.5 Å². The molecule has 1 aromatic carbocycles. The molecule has 2 heterocycles. The molecule has 0 unspecified atom stereocenters. The average Bonchev–Trinajstić information content (AvgIpc) is 3.16. The molecule has 10 nitrogen and oxygen atoms in total. The quantitative estimate of drug-likeness (QED) is 0.373. The lowest BCUT2D eigenvalue weighted by Crippen LogP contribution is -2.44. The highest BCUT2D eigenvalue weighted by atomic mass is 19.1. The summed E-state index contributed by atoms with van der Waals surface area (Å²) in [5, 5.41) is 8.83. The summed E-state index contributed by atoms with van der Waals surface area (Å²) in [4.78, 5) is 32.5. The number of imidazole rings is 1. The van der Waals surface area contributed by atoms with Crippen molar-refractivity contribution in [2.45, 2.75) is 64.1 Å². The third-order valence-corrected chi connectivity index (χ3v) is 5.89. The second-order valence-corrected chi connectivity index (χ2v) is 9.79. The van der Waals surface area contributed by atoms with E-state index in [4.69, 9.17) is 20.6 Å². The molecular weight excluding hydrogens is 467 g/mol. The Kier molecular flexibility index (Phi) is 6.91. The van der Waals surface area contributed by atoms with Crippen LogP contribution in [0.2, 0.25) is 0 Å². The number of carbonyl (C=O) groups is 2. The van der Waals surface area contributed by atoms with Crippen LogP contribution in [0, 0.1) is 5.82 Å². The van der Waals surface area contributed by atoms with Crippen LogP contribution in [0.4, 0.5) is 14.0 Å². The molecule has 0 radical (unpaired) electrons. The topological polar surface area (TPSA) is 147 Å². The van der Waals surface area contributed by atoms with Crippen LogP contribution in [0.1, 0.15) is 58.2 Å². The molecule has 11 heteroatoms. The van der Waals surface area contributed by atoms with E-state index in [9.17, 15) is 14.0 Å². The Labute approximate surface area is 207 Å². The molecular formula is C25H30FN6O4+. The summed E-state index contributed by atoms with van der Waals surface area (Å²) in [7, 11) is 0. The van der Waals surface area contributed by atoms with Crippen molar-refractivity contribution in [3.8, 4) is 11.4 Å². The van der Waals surface area contributed by atoms with Gasteiger partial charge in [0.2, 0.25) is 0 Å². The maximum Gasteiger partial charge on any atom is 0.414 e. The number of aromatic nitrogens is 3. The minimum Gasteiger partial charge on any atom is -0.444 e. The summed E-state index contributed by atoms with van der Waals surface area (Å²) in [6.45, 7) is 5.43. The predicted octanol–water partition coefficient (Wildman–Crippen LogP) is 2.85. The van der Waals surface area contributed by atoms with Crippen LogP contribution in [0.15, 0.2) is 36.5 Å². The van der Waals surface area contributed by atoms with E-state index in [0.717, 1.165) is 19.3 Å². The molecule has 0 saturated heterocycles. The van der Waals surface area contributed by atoms with E-state index >= 15 is 0 Å². The molecule has 1 aliphatic rings. The van der Waals surface area contributed by atoms with E-state index < -0.39 is 23.6 Å². The smallest absolute Gasteiger partial charge is 0.414 e. The fraction of sp³-hybridized carbons (Fsp3) is 0.400. The molecule has 0 bridgehead atoms. The number of primary amides is 1. The summed E-state index contributed by atoms with van der Waals surface area (Å²) >= 11 is 0. The molecule has 0 spiro atoms. The fourth-order valence-corrected chi connectivity index (χ4v) is 4.50. The van der Waals surface area contributed by atoms with Crippen molar-refractivity contribution in [3.63, 3.8) is 0 Å². The molecule has 1 aliphatic carbocycles. The van der Waals surface area contributed by atoms with Crippen molar-refractivity contribution in [2.75, 3.05) is 0 Å². The van der Waals surface area contributed by atoms with Crippen LogP contribution in [0.3, 0.4) is 0 Å². The molecule has 2 atom stereocenters. The Balaban J connectivity index is 1.75. The van der Waals surface area contributed by atoms with Crippen molar-refractivity contribution in [3.05, 3.63) is 48.0 Å². The Bertz CT molecular complexity index is 1320. The van der Waals surface area contributed by atoms with Gasteiger partial charge in [0, 0.05) is 18.2 Å². The van der Waals surface area contributed by atoms with Gasteiger partial charge in [0.1, 0.15) is 22.8 Å². The molecule has 1 saturated carbocycles. The maximum atomic E-state index is 14.9. The van der Waals surface area contributed by atoms with Gasteiger partial charge in [-0.25, -0.2) is 29.4 Å². The number of hydrogen-bond donors (Lipinski definition) is 3. The van der Waals surface area contributed by atoms with E-state index in [1.807, 2.05) is 25.3 Å². The van der Waals surface area contributed by atoms with Gasteiger partial charge in [0.15, 0.2) is 5.69 Å². The Hall–Kier alpha value is -4.02. The zero-order chi connectivity index (χ0) is 26.0. The van der Waals surface area contributed by atoms with E-state index in [1.165, 1.54) is 12.3 Å². The highest BCUT2D eigenvalue weighted by Gasteiger charge is 2.30. The average molecular weight is 498 g/mol. The molecule has 0 aliphatic heterocycles. The van der Waals surface area contributed by atoms with Gasteiger partial charge in [-0.05, 0) is 58.6 Å². The molecule has 36 heavy (non-hydrogen) atoms. The first-order valence-electron chi connectivity index (χ1n) is 11.7. The minimum absolute atomic E-state index is 0.119. The van der Waals surface area contributed by atoms with Crippen LogP contribution in [-0.4, -0.2) is 44.3 Å². The minimum atomic E-state index is -1.06. The summed E-state index contributed by atoms with van der Waals surface area (Å²) in [5.41, 5.74) is 6.17. The third kappa shape index (κ3) is 5.61. The molecule has 2 amide bonds. The Morgan fingerprint density at radius 3 is 2.69 bits per heavy atom. The summed E-state index contributed by atoms with van der Waals surface area (Å²) in [6, 6.07) is 7.78. The second-order valence-electron chi connectivity index (χ2n) is 9.79. The molecule has 3 aromatic rings. The number of rotatable bonds is 4. The van der Waals surface area contributed by atoms with Crippen molar-refractivity contribution in [1.82, 2.24) is 19.9 Å². The highest BCUT2D eigenvalue weighted by molar-refractivity contribution is 5.97. The monoisotopic (exact) mass is 497 g/mol. The van der Waals surface area contributed by atoms with Crippen molar-refractivity contribution in [1.29, 1.82) is 0 Å². The molecule has 1 fully saturated rings. The van der Waals surface area contributed by atoms with Crippen LogP contribution in [-0.2, 0) is 9.47 Å². The predicted molar refractivity (Wildman–Crippen MR) is 130 cm³/mol. The summed E-state index contributed by atoms with van der Waals surface area (Å²) in [5.74, 6) is -0.235. The number of halogens is 1. The van der Waals surface area contributed by atoms with E-state index in [0.29, 0.717) is 28.8 Å². The van der Waals surface area contributed by atoms with Gasteiger partial charge in [-0.1, -0.05) is 12.1 Å². The van der Waals surface area contributed by atoms with Gasteiger partial charge in [0.25, 0.3) is 0 Å². The lowest BCUT2D eigenvalue weighted by atomic mass is 9.90. The number of nitrogens with two attached hydrogens (primary N) is 2. The lowest BCUT2D eigenvalue weighted by molar-refractivity contribution is -0.132. The number of hydrogen-bond acceptors (Lipinski definition) is 6. The number of benzene rings is 1. The zero-order valence-corrected chi connectivity index (χ0v) is 20.5. The lowest BCUT2D eigenvalue weighted by Gasteiger charge is -2.32. The first-order valence-corrected chi connectivity index (χ1v) is 11.7. The van der Waals surface area contributed by atoms with Crippen LogP contribution >= 0.6 is 0 Å². The number of nitrogens with one attached hydrogen (secondary N) is 1. The maximum absolute atomic E-state index is 14.9. The van der Waals surface area contributed by atoms with Gasteiger partial charge in [-0.15, -0.1) is 0 Å². The highest BCUT2D eigenvalue weighted by Crippen LogP contribution is 2.37. The van der Waals surface area contributed by atoms with Gasteiger partial charge >= 0.3 is 18.1 Å². The van der Waals surface area contributed by atoms with Gasteiger partial charge in [0.05, 0.1) is 17.3 Å². The normalized spacial score (nSPS) is 18.0. The number of amides is 2. The first kappa shape index (κ1) is 25.1. The molecule has 5 N–H and O–H groups in total. The van der Waals surface area contributed by atoms with Crippen molar-refractivity contribution in [2.24, 2.45) is 5.73 Å². The van der Waals surface area contributed by atoms with E-state index in [1.54, 1.807) is 24.3 Å². The summed E-state index contributed by atoms with van der Waals surface area (Å²) in [6.07, 6.45) is 2.95. The standard InChI is InChI=1S/C25H29FN6O4/c1-25(2,3)36-24(34)30-14-7-6-8-15(11-14)32-20-12-18(21(27)35-23(28)33)29-13-19(20)31-22(32)16-9-4-5-10-17(16)26/h4-5,9-10,12-15,27H,6-8,11H2,1-3H3,(H2,28,33)(H,30,34)/p+1/t14-,15+/m0/s1. The zero-order valence-electron chi connectivity index (χ0n) is 20.5. The van der Waals surface area contributed by atoms with Crippen LogP contribution in [0.25, 0.3) is 22.4 Å². The van der Waals surface area contributed by atoms with Gasteiger partial charge < -0.3 is 25.1 Å².